The number of benzene rings is 2. The fourth-order valence-corrected chi connectivity index (χ4v) is 1.75. The summed E-state index contributed by atoms with van der Waals surface area (Å²) in [6, 6.07) is 16.8. The number of esters is 2. The molecule has 0 N–H and O–H groups in total. The lowest BCUT2D eigenvalue weighted by Crippen LogP contribution is -2.11. The third-order valence-electron chi connectivity index (χ3n) is 2.75. The van der Waals surface area contributed by atoms with Crippen LogP contribution in [0.4, 0.5) is 0 Å². The molecule has 100 valence electrons. The SMILES string of the molecule is C=CCC(=O)OC(=O)c1ccc(-c2ccccc2)cc1. The molecule has 0 spiro atoms. The smallest absolute Gasteiger partial charge is 0.345 e. The van der Waals surface area contributed by atoms with Crippen molar-refractivity contribution in [2.24, 2.45) is 0 Å². The summed E-state index contributed by atoms with van der Waals surface area (Å²) >= 11 is 0. The van der Waals surface area contributed by atoms with E-state index in [4.69, 9.17) is 0 Å². The van der Waals surface area contributed by atoms with Gasteiger partial charge < -0.3 is 4.74 Å². The average Bonchev–Trinajstić information content (AvgIpc) is 2.48. The molecule has 0 atom stereocenters. The van der Waals surface area contributed by atoms with E-state index in [-0.39, 0.29) is 6.42 Å². The van der Waals surface area contributed by atoms with E-state index < -0.39 is 11.9 Å². The minimum atomic E-state index is -0.642. The first-order valence-electron chi connectivity index (χ1n) is 6.22. The molecular weight excluding hydrogens is 252 g/mol. The van der Waals surface area contributed by atoms with Gasteiger partial charge >= 0.3 is 11.9 Å². The minimum absolute atomic E-state index is 0.0217. The summed E-state index contributed by atoms with van der Waals surface area (Å²) in [7, 11) is 0. The lowest BCUT2D eigenvalue weighted by Gasteiger charge is -2.04. The first-order chi connectivity index (χ1) is 9.70. The predicted octanol–water partition coefficient (Wildman–Crippen LogP) is 3.61. The quantitative estimate of drug-likeness (QED) is 0.482. The summed E-state index contributed by atoms with van der Waals surface area (Å²) in [6.07, 6.45) is 1.42. The van der Waals surface area contributed by atoms with Crippen molar-refractivity contribution in [2.45, 2.75) is 6.42 Å². The van der Waals surface area contributed by atoms with Crippen molar-refractivity contribution >= 4 is 11.9 Å². The van der Waals surface area contributed by atoms with Crippen LogP contribution in [0.25, 0.3) is 11.1 Å². The Morgan fingerprint density at radius 2 is 1.55 bits per heavy atom. The zero-order chi connectivity index (χ0) is 14.4. The summed E-state index contributed by atoms with van der Waals surface area (Å²) < 4.78 is 4.67. The van der Waals surface area contributed by atoms with Gasteiger partial charge in [0, 0.05) is 0 Å². The highest BCUT2D eigenvalue weighted by Crippen LogP contribution is 2.19. The molecule has 20 heavy (non-hydrogen) atoms. The molecule has 0 aromatic heterocycles. The van der Waals surface area contributed by atoms with Gasteiger partial charge in [-0.1, -0.05) is 48.5 Å². The zero-order valence-corrected chi connectivity index (χ0v) is 10.9. The molecule has 3 heteroatoms. The Morgan fingerprint density at radius 3 is 2.15 bits per heavy atom. The summed E-state index contributed by atoms with van der Waals surface area (Å²) in [5, 5.41) is 0. The van der Waals surface area contributed by atoms with Crippen molar-refractivity contribution in [3.8, 4) is 11.1 Å². The maximum absolute atomic E-state index is 11.7. The second-order valence-corrected chi connectivity index (χ2v) is 4.20. The van der Waals surface area contributed by atoms with Crippen LogP contribution in [0.5, 0.6) is 0 Å². The van der Waals surface area contributed by atoms with Crippen molar-refractivity contribution in [3.05, 3.63) is 72.8 Å². The van der Waals surface area contributed by atoms with Crippen LogP contribution in [0, 0.1) is 0 Å². The van der Waals surface area contributed by atoms with Gasteiger partial charge in [-0.3, -0.25) is 4.79 Å². The van der Waals surface area contributed by atoms with Crippen LogP contribution in [0.2, 0.25) is 0 Å². The van der Waals surface area contributed by atoms with E-state index in [1.54, 1.807) is 12.1 Å². The van der Waals surface area contributed by atoms with Crippen molar-refractivity contribution in [1.82, 2.24) is 0 Å². The highest BCUT2D eigenvalue weighted by molar-refractivity contribution is 5.97. The summed E-state index contributed by atoms with van der Waals surface area (Å²) in [5.41, 5.74) is 2.41. The second-order valence-electron chi connectivity index (χ2n) is 4.20. The number of hydrogen-bond acceptors (Lipinski definition) is 3. The number of hydrogen-bond donors (Lipinski definition) is 0. The normalized spacial score (nSPS) is 9.80. The molecule has 0 unspecified atom stereocenters. The van der Waals surface area contributed by atoms with E-state index in [1.807, 2.05) is 42.5 Å². The highest BCUT2D eigenvalue weighted by Gasteiger charge is 2.11. The number of ether oxygens (including phenoxy) is 1. The first-order valence-corrected chi connectivity index (χ1v) is 6.22. The van der Waals surface area contributed by atoms with Gasteiger partial charge in [-0.25, -0.2) is 4.79 Å². The van der Waals surface area contributed by atoms with Crippen LogP contribution < -0.4 is 0 Å². The van der Waals surface area contributed by atoms with Gasteiger partial charge in [-0.15, -0.1) is 6.58 Å². The van der Waals surface area contributed by atoms with E-state index >= 15 is 0 Å². The molecule has 0 saturated carbocycles. The number of carbonyl (C=O) groups is 2. The third kappa shape index (κ3) is 3.42. The third-order valence-corrected chi connectivity index (χ3v) is 2.75. The molecule has 2 rings (SSSR count). The summed E-state index contributed by atoms with van der Waals surface area (Å²) in [5.74, 6) is -1.24. The van der Waals surface area contributed by atoms with E-state index in [9.17, 15) is 9.59 Å². The zero-order valence-electron chi connectivity index (χ0n) is 10.9. The van der Waals surface area contributed by atoms with Gasteiger partial charge in [0.15, 0.2) is 0 Å². The fraction of sp³-hybridized carbons (Fsp3) is 0.0588. The van der Waals surface area contributed by atoms with E-state index in [0.717, 1.165) is 11.1 Å². The molecule has 0 heterocycles. The molecule has 0 amide bonds. The predicted molar refractivity (Wildman–Crippen MR) is 77.1 cm³/mol. The minimum Gasteiger partial charge on any atom is -0.389 e. The van der Waals surface area contributed by atoms with Gasteiger partial charge in [-0.2, -0.15) is 0 Å². The summed E-state index contributed by atoms with van der Waals surface area (Å²) in [6.45, 7) is 3.41. The Hall–Kier alpha value is -2.68. The second kappa shape index (κ2) is 6.48. The molecule has 0 bridgehead atoms. The van der Waals surface area contributed by atoms with E-state index in [1.165, 1.54) is 6.08 Å². The molecular formula is C17H14O3. The van der Waals surface area contributed by atoms with Crippen molar-refractivity contribution in [1.29, 1.82) is 0 Å². The molecule has 3 nitrogen and oxygen atoms in total. The van der Waals surface area contributed by atoms with Gasteiger partial charge in [0.25, 0.3) is 0 Å². The van der Waals surface area contributed by atoms with E-state index in [0.29, 0.717) is 5.56 Å². The van der Waals surface area contributed by atoms with Gasteiger partial charge in [-0.05, 0) is 23.3 Å². The topological polar surface area (TPSA) is 43.4 Å². The van der Waals surface area contributed by atoms with Gasteiger partial charge in [0.2, 0.25) is 0 Å². The van der Waals surface area contributed by atoms with Crippen LogP contribution in [0.3, 0.4) is 0 Å². The van der Waals surface area contributed by atoms with Crippen LogP contribution >= 0.6 is 0 Å². The molecule has 2 aromatic rings. The largest absolute Gasteiger partial charge is 0.389 e. The standard InChI is InChI=1S/C17H14O3/c1-2-6-16(18)20-17(19)15-11-9-14(10-12-15)13-7-4-3-5-8-13/h2-5,7-12H,1,6H2. The Labute approximate surface area is 117 Å². The molecule has 0 radical (unpaired) electrons. The highest BCUT2D eigenvalue weighted by atomic mass is 16.6. The Morgan fingerprint density at radius 1 is 0.950 bits per heavy atom. The van der Waals surface area contributed by atoms with Gasteiger partial charge in [0.1, 0.15) is 0 Å². The molecule has 2 aromatic carbocycles. The molecule has 0 aliphatic carbocycles. The van der Waals surface area contributed by atoms with Gasteiger partial charge in [0.05, 0.1) is 12.0 Å². The summed E-state index contributed by atoms with van der Waals surface area (Å²) in [4.78, 5) is 22.9. The van der Waals surface area contributed by atoms with Crippen molar-refractivity contribution in [3.63, 3.8) is 0 Å². The van der Waals surface area contributed by atoms with Crippen molar-refractivity contribution < 1.29 is 14.3 Å². The van der Waals surface area contributed by atoms with Crippen molar-refractivity contribution in [2.75, 3.05) is 0 Å². The average molecular weight is 266 g/mol. The Kier molecular flexibility index (Phi) is 4.45. The van der Waals surface area contributed by atoms with Crippen LogP contribution in [0.1, 0.15) is 16.8 Å². The van der Waals surface area contributed by atoms with Crippen LogP contribution in [-0.4, -0.2) is 11.9 Å². The Balaban J connectivity index is 2.10. The first kappa shape index (κ1) is 13.7. The monoisotopic (exact) mass is 266 g/mol. The maximum Gasteiger partial charge on any atom is 0.345 e. The lowest BCUT2D eigenvalue weighted by molar-refractivity contribution is -0.136. The van der Waals surface area contributed by atoms with Crippen LogP contribution in [-0.2, 0) is 9.53 Å². The molecule has 0 aliphatic rings. The number of rotatable bonds is 4. The maximum atomic E-state index is 11.7. The number of carbonyl (C=O) groups excluding carboxylic acids is 2. The molecule has 0 aliphatic heterocycles. The van der Waals surface area contributed by atoms with E-state index in [2.05, 4.69) is 11.3 Å². The molecule has 0 fully saturated rings. The lowest BCUT2D eigenvalue weighted by atomic mass is 10.0. The van der Waals surface area contributed by atoms with Crippen LogP contribution in [0.15, 0.2) is 67.3 Å². The molecule has 0 saturated heterocycles. The fourth-order valence-electron chi connectivity index (χ4n) is 1.75. The Bertz CT molecular complexity index is 612.